The Bertz CT molecular complexity index is 607. The smallest absolute Gasteiger partial charge is 0.250 e. The number of carbonyl (C=O) groups excluding carboxylic acids is 1. The topological polar surface area (TPSA) is 26.3 Å². The number of hydrogen-bond acceptors (Lipinski definition) is 2. The highest BCUT2D eigenvalue weighted by atomic mass is 28.4. The van der Waals surface area contributed by atoms with Crippen molar-refractivity contribution in [2.45, 2.75) is 77.9 Å². The molecule has 22 heavy (non-hydrogen) atoms. The van der Waals surface area contributed by atoms with Gasteiger partial charge in [0.15, 0.2) is 5.78 Å². The highest BCUT2D eigenvalue weighted by molar-refractivity contribution is 6.74. The van der Waals surface area contributed by atoms with E-state index >= 15 is 0 Å². The molecule has 0 N–H and O–H groups in total. The molecule has 0 spiro atoms. The van der Waals surface area contributed by atoms with E-state index in [1.807, 2.05) is 6.07 Å². The predicted molar refractivity (Wildman–Crippen MR) is 95.6 cm³/mol. The fourth-order valence-electron chi connectivity index (χ4n) is 2.71. The minimum Gasteiger partial charge on any atom is -0.543 e. The summed E-state index contributed by atoms with van der Waals surface area (Å²) in [4.78, 5) is 12.2. The third kappa shape index (κ3) is 3.01. The van der Waals surface area contributed by atoms with Crippen LogP contribution in [0.1, 0.15) is 68.9 Å². The summed E-state index contributed by atoms with van der Waals surface area (Å²) in [5.41, 5.74) is 3.18. The van der Waals surface area contributed by atoms with E-state index in [4.69, 9.17) is 4.43 Å². The number of Topliss-reactive ketones (excluding diaryl/α,β-unsaturated/α-hetero) is 1. The number of hydrogen-bond donors (Lipinski definition) is 0. The van der Waals surface area contributed by atoms with Gasteiger partial charge < -0.3 is 4.43 Å². The molecule has 3 heteroatoms. The van der Waals surface area contributed by atoms with E-state index in [9.17, 15) is 4.79 Å². The lowest BCUT2D eigenvalue weighted by Crippen LogP contribution is -2.44. The van der Waals surface area contributed by atoms with Crippen LogP contribution in [0, 0.1) is 6.92 Å². The Balaban J connectivity index is 2.50. The van der Waals surface area contributed by atoms with Gasteiger partial charge in [-0.2, -0.15) is 0 Å². The second-order valence-electron chi connectivity index (χ2n) is 8.83. The van der Waals surface area contributed by atoms with Crippen molar-refractivity contribution < 1.29 is 9.22 Å². The average molecular weight is 319 g/mol. The zero-order valence-corrected chi connectivity index (χ0v) is 16.4. The summed E-state index contributed by atoms with van der Waals surface area (Å²) in [6, 6.07) is 4.18. The van der Waals surface area contributed by atoms with Gasteiger partial charge in [0.1, 0.15) is 5.75 Å². The molecule has 0 heterocycles. The van der Waals surface area contributed by atoms with Gasteiger partial charge in [-0.25, -0.2) is 0 Å². The summed E-state index contributed by atoms with van der Waals surface area (Å²) >= 11 is 0. The molecule has 0 radical (unpaired) electrons. The molecule has 1 aromatic carbocycles. The van der Waals surface area contributed by atoms with E-state index < -0.39 is 8.32 Å². The summed E-state index contributed by atoms with van der Waals surface area (Å²) in [5, 5.41) is 0.167. The van der Waals surface area contributed by atoms with E-state index in [0.717, 1.165) is 28.9 Å². The van der Waals surface area contributed by atoms with Gasteiger partial charge in [-0.15, -0.1) is 0 Å². The third-order valence-corrected chi connectivity index (χ3v) is 9.84. The highest BCUT2D eigenvalue weighted by Crippen LogP contribution is 2.42. The lowest BCUT2D eigenvalue weighted by molar-refractivity contribution is 0.0956. The maximum atomic E-state index is 12.2. The Morgan fingerprint density at radius 3 is 2.32 bits per heavy atom. The second kappa shape index (κ2) is 5.22. The molecule has 0 unspecified atom stereocenters. The first kappa shape index (κ1) is 17.3. The Hall–Kier alpha value is -1.09. The molecule has 0 saturated carbocycles. The fourth-order valence-corrected chi connectivity index (χ4v) is 3.79. The Labute approximate surface area is 136 Å². The van der Waals surface area contributed by atoms with Gasteiger partial charge in [0.25, 0.3) is 0 Å². The third-order valence-electron chi connectivity index (χ3n) is 5.49. The zero-order valence-electron chi connectivity index (χ0n) is 15.4. The normalized spacial score (nSPS) is 18.1. The van der Waals surface area contributed by atoms with Crippen molar-refractivity contribution in [2.24, 2.45) is 0 Å². The Kier molecular flexibility index (Phi) is 4.10. The molecule has 2 rings (SSSR count). The number of benzene rings is 1. The van der Waals surface area contributed by atoms with Crippen molar-refractivity contribution in [3.05, 3.63) is 28.8 Å². The van der Waals surface area contributed by atoms with Gasteiger partial charge in [0.2, 0.25) is 8.32 Å². The van der Waals surface area contributed by atoms with Crippen molar-refractivity contribution in [3.63, 3.8) is 0 Å². The standard InChI is InChI=1S/C19H30O2Si/c1-13-11-14-15(19(5,6)10-9-16(14)20)12-17(13)21-22(7,8)18(2,3)4/h11-12H,9-10H2,1-8H3. The molecule has 1 aliphatic carbocycles. The van der Waals surface area contributed by atoms with Crippen LogP contribution in [0.15, 0.2) is 12.1 Å². The van der Waals surface area contributed by atoms with Crippen LogP contribution >= 0.6 is 0 Å². The van der Waals surface area contributed by atoms with Crippen molar-refractivity contribution in [1.29, 1.82) is 0 Å². The first-order chi connectivity index (χ1) is 9.85. The molecule has 0 atom stereocenters. The van der Waals surface area contributed by atoms with Crippen LogP contribution in [0.5, 0.6) is 5.75 Å². The van der Waals surface area contributed by atoms with Gasteiger partial charge in [0, 0.05) is 12.0 Å². The minimum atomic E-state index is -1.87. The van der Waals surface area contributed by atoms with Crippen LogP contribution < -0.4 is 4.43 Å². The summed E-state index contributed by atoms with van der Waals surface area (Å²) in [7, 11) is -1.87. The summed E-state index contributed by atoms with van der Waals surface area (Å²) < 4.78 is 6.52. The van der Waals surface area contributed by atoms with E-state index in [1.165, 1.54) is 0 Å². The maximum absolute atomic E-state index is 12.2. The summed E-state index contributed by atoms with van der Waals surface area (Å²) in [6.07, 6.45) is 1.57. The molecule has 1 aromatic rings. The maximum Gasteiger partial charge on any atom is 0.250 e. The molecular weight excluding hydrogens is 288 g/mol. The Morgan fingerprint density at radius 2 is 1.77 bits per heavy atom. The van der Waals surface area contributed by atoms with E-state index in [0.29, 0.717) is 6.42 Å². The van der Waals surface area contributed by atoms with E-state index in [-0.39, 0.29) is 16.2 Å². The number of ketones is 1. The molecule has 0 fully saturated rings. The highest BCUT2D eigenvalue weighted by Gasteiger charge is 2.40. The van der Waals surface area contributed by atoms with Gasteiger partial charge >= 0.3 is 0 Å². The molecule has 0 aromatic heterocycles. The van der Waals surface area contributed by atoms with Crippen LogP contribution in [0.3, 0.4) is 0 Å². The van der Waals surface area contributed by atoms with Crippen LogP contribution in [0.25, 0.3) is 0 Å². The molecule has 0 saturated heterocycles. The van der Waals surface area contributed by atoms with Gasteiger partial charge in [-0.3, -0.25) is 4.79 Å². The van der Waals surface area contributed by atoms with Crippen molar-refractivity contribution >= 4 is 14.1 Å². The lowest BCUT2D eigenvalue weighted by Gasteiger charge is -2.38. The molecule has 0 amide bonds. The SMILES string of the molecule is Cc1cc2c(cc1O[Si](C)(C)C(C)(C)C)C(C)(C)CCC2=O. The van der Waals surface area contributed by atoms with Crippen LogP contribution in [0.2, 0.25) is 18.1 Å². The number of aryl methyl sites for hydroxylation is 1. The molecule has 0 bridgehead atoms. The van der Waals surface area contributed by atoms with Crippen LogP contribution in [0.4, 0.5) is 0 Å². The van der Waals surface area contributed by atoms with Crippen LogP contribution in [-0.4, -0.2) is 14.1 Å². The molecule has 1 aliphatic rings. The molecule has 122 valence electrons. The monoisotopic (exact) mass is 318 g/mol. The second-order valence-corrected chi connectivity index (χ2v) is 13.6. The van der Waals surface area contributed by atoms with E-state index in [1.54, 1.807) is 0 Å². The van der Waals surface area contributed by atoms with Crippen molar-refractivity contribution in [2.75, 3.05) is 0 Å². The number of carbonyl (C=O) groups is 1. The lowest BCUT2D eigenvalue weighted by atomic mass is 9.72. The zero-order chi connectivity index (χ0) is 16.9. The summed E-state index contributed by atoms with van der Waals surface area (Å²) in [6.45, 7) is 17.8. The average Bonchev–Trinajstić information content (AvgIpc) is 2.35. The van der Waals surface area contributed by atoms with Crippen molar-refractivity contribution in [3.8, 4) is 5.75 Å². The molecule has 2 nitrogen and oxygen atoms in total. The first-order valence-electron chi connectivity index (χ1n) is 8.22. The first-order valence-corrected chi connectivity index (χ1v) is 11.1. The van der Waals surface area contributed by atoms with Crippen LogP contribution in [-0.2, 0) is 5.41 Å². The Morgan fingerprint density at radius 1 is 1.18 bits per heavy atom. The van der Waals surface area contributed by atoms with Crippen molar-refractivity contribution in [1.82, 2.24) is 0 Å². The number of fused-ring (bicyclic) bond motifs is 1. The van der Waals surface area contributed by atoms with Gasteiger partial charge in [0.05, 0.1) is 0 Å². The molecular formula is C19H30O2Si. The predicted octanol–water partition coefficient (Wildman–Crippen LogP) is 5.63. The van der Waals surface area contributed by atoms with Gasteiger partial charge in [-0.1, -0.05) is 34.6 Å². The minimum absolute atomic E-state index is 0.0441. The van der Waals surface area contributed by atoms with E-state index in [2.05, 4.69) is 60.7 Å². The van der Waals surface area contributed by atoms with Gasteiger partial charge in [-0.05, 0) is 60.2 Å². The fraction of sp³-hybridized carbons (Fsp3) is 0.632. The number of rotatable bonds is 2. The quantitative estimate of drug-likeness (QED) is 0.660. The molecule has 0 aliphatic heterocycles. The largest absolute Gasteiger partial charge is 0.543 e. The summed E-state index contributed by atoms with van der Waals surface area (Å²) in [5.74, 6) is 1.24.